The van der Waals surface area contributed by atoms with Crippen LogP contribution in [0.4, 0.5) is 4.39 Å². The lowest BCUT2D eigenvalue weighted by Crippen LogP contribution is -1.96. The zero-order chi connectivity index (χ0) is 13.1. The number of ether oxygens (including phenoxy) is 1. The molecule has 1 aromatic carbocycles. The second kappa shape index (κ2) is 4.91. The molecular formula is C13H11FO4. The largest absolute Gasteiger partial charge is 0.486 e. The van der Waals surface area contributed by atoms with Crippen molar-refractivity contribution in [2.75, 3.05) is 0 Å². The summed E-state index contributed by atoms with van der Waals surface area (Å²) in [5.41, 5.74) is 0.104. The van der Waals surface area contributed by atoms with Gasteiger partial charge in [0, 0.05) is 6.07 Å². The normalized spacial score (nSPS) is 10.3. The predicted molar refractivity (Wildman–Crippen MR) is 61.1 cm³/mol. The molecule has 0 bridgehead atoms. The number of aryl methyl sites for hydroxylation is 1. The first-order valence-electron chi connectivity index (χ1n) is 5.27. The minimum atomic E-state index is -1.05. The fourth-order valence-corrected chi connectivity index (χ4v) is 1.54. The highest BCUT2D eigenvalue weighted by atomic mass is 19.1. The topological polar surface area (TPSA) is 59.7 Å². The first kappa shape index (κ1) is 12.2. The number of hydrogen-bond acceptors (Lipinski definition) is 3. The van der Waals surface area contributed by atoms with Crippen molar-refractivity contribution in [1.29, 1.82) is 0 Å². The maximum Gasteiger partial charge on any atom is 0.339 e. The molecule has 0 fully saturated rings. The summed E-state index contributed by atoms with van der Waals surface area (Å²) in [6, 6.07) is 7.09. The van der Waals surface area contributed by atoms with E-state index >= 15 is 0 Å². The van der Waals surface area contributed by atoms with E-state index in [1.165, 1.54) is 24.3 Å². The number of furan rings is 1. The maximum atomic E-state index is 12.9. The van der Waals surface area contributed by atoms with Gasteiger partial charge >= 0.3 is 5.97 Å². The molecule has 2 rings (SSSR count). The summed E-state index contributed by atoms with van der Waals surface area (Å²) in [6.45, 7) is 1.62. The Morgan fingerprint density at radius 2 is 2.22 bits per heavy atom. The summed E-state index contributed by atoms with van der Waals surface area (Å²) in [6.07, 6.45) is 0. The lowest BCUT2D eigenvalue weighted by atomic mass is 10.2. The summed E-state index contributed by atoms with van der Waals surface area (Å²) >= 11 is 0. The van der Waals surface area contributed by atoms with Gasteiger partial charge in [-0.3, -0.25) is 0 Å². The van der Waals surface area contributed by atoms with E-state index in [4.69, 9.17) is 14.3 Å². The van der Waals surface area contributed by atoms with Crippen molar-refractivity contribution in [3.63, 3.8) is 0 Å². The fraction of sp³-hybridized carbons (Fsp3) is 0.154. The Morgan fingerprint density at radius 1 is 1.44 bits per heavy atom. The molecule has 0 saturated heterocycles. The third-order valence-electron chi connectivity index (χ3n) is 2.38. The minimum absolute atomic E-state index is 0.0531. The summed E-state index contributed by atoms with van der Waals surface area (Å²) in [4.78, 5) is 10.8. The molecule has 94 valence electrons. The van der Waals surface area contributed by atoms with Gasteiger partial charge in [0.25, 0.3) is 0 Å². The number of carboxylic acids is 1. The second-order valence-corrected chi connectivity index (χ2v) is 3.73. The van der Waals surface area contributed by atoms with Gasteiger partial charge in [-0.05, 0) is 25.1 Å². The highest BCUT2D eigenvalue weighted by molar-refractivity contribution is 5.88. The number of halogens is 1. The van der Waals surface area contributed by atoms with Crippen LogP contribution >= 0.6 is 0 Å². The molecule has 18 heavy (non-hydrogen) atoms. The number of aromatic carboxylic acids is 1. The number of hydrogen-bond donors (Lipinski definition) is 1. The van der Waals surface area contributed by atoms with Crippen molar-refractivity contribution < 1.29 is 23.4 Å². The lowest BCUT2D eigenvalue weighted by molar-refractivity contribution is 0.0695. The van der Waals surface area contributed by atoms with Gasteiger partial charge in [-0.2, -0.15) is 0 Å². The minimum Gasteiger partial charge on any atom is -0.486 e. The van der Waals surface area contributed by atoms with Crippen LogP contribution in [-0.4, -0.2) is 11.1 Å². The Morgan fingerprint density at radius 3 is 2.83 bits per heavy atom. The molecular weight excluding hydrogens is 239 g/mol. The van der Waals surface area contributed by atoms with Crippen LogP contribution in [-0.2, 0) is 6.61 Å². The van der Waals surface area contributed by atoms with Crippen LogP contribution in [0.1, 0.15) is 21.9 Å². The van der Waals surface area contributed by atoms with Crippen LogP contribution in [0.2, 0.25) is 0 Å². The lowest BCUT2D eigenvalue weighted by Gasteiger charge is -2.03. The van der Waals surface area contributed by atoms with E-state index in [9.17, 15) is 9.18 Å². The Bertz CT molecular complexity index is 574. The first-order chi connectivity index (χ1) is 8.56. The Labute approximate surface area is 103 Å². The molecule has 0 saturated carbocycles. The van der Waals surface area contributed by atoms with Crippen molar-refractivity contribution in [2.45, 2.75) is 13.5 Å². The Hall–Kier alpha value is -2.30. The quantitative estimate of drug-likeness (QED) is 0.906. The average Bonchev–Trinajstić information content (AvgIpc) is 2.68. The standard InChI is InChI=1S/C13H11FO4/c1-8-12(13(15)16)6-11(18-8)7-17-10-4-2-3-9(14)5-10/h2-6H,7H2,1H3,(H,15,16). The van der Waals surface area contributed by atoms with Gasteiger partial charge < -0.3 is 14.3 Å². The number of rotatable bonds is 4. The van der Waals surface area contributed by atoms with Crippen molar-refractivity contribution in [3.05, 3.63) is 53.2 Å². The average molecular weight is 250 g/mol. The van der Waals surface area contributed by atoms with E-state index in [0.717, 1.165) is 0 Å². The molecule has 0 unspecified atom stereocenters. The van der Waals surface area contributed by atoms with E-state index in [0.29, 0.717) is 17.3 Å². The molecule has 0 aliphatic heterocycles. The number of carbonyl (C=O) groups is 1. The SMILES string of the molecule is Cc1oc(COc2cccc(F)c2)cc1C(=O)O. The third kappa shape index (κ3) is 2.68. The van der Waals surface area contributed by atoms with Gasteiger partial charge in [0.1, 0.15) is 35.3 Å². The molecule has 0 spiro atoms. The molecule has 0 radical (unpaired) electrons. The van der Waals surface area contributed by atoms with Crippen LogP contribution < -0.4 is 4.74 Å². The summed E-state index contributed by atoms with van der Waals surface area (Å²) in [5, 5.41) is 8.85. The molecule has 5 heteroatoms. The van der Waals surface area contributed by atoms with Crippen molar-refractivity contribution >= 4 is 5.97 Å². The summed E-state index contributed by atoms with van der Waals surface area (Å²) < 4.78 is 23.4. The maximum absolute atomic E-state index is 12.9. The van der Waals surface area contributed by atoms with E-state index in [-0.39, 0.29) is 12.2 Å². The van der Waals surface area contributed by atoms with Crippen LogP contribution in [0.5, 0.6) is 5.75 Å². The molecule has 2 aromatic rings. The molecule has 0 amide bonds. The fourth-order valence-electron chi connectivity index (χ4n) is 1.54. The molecule has 1 N–H and O–H groups in total. The van der Waals surface area contributed by atoms with Gasteiger partial charge in [0.05, 0.1) is 0 Å². The van der Waals surface area contributed by atoms with Gasteiger partial charge in [-0.1, -0.05) is 6.07 Å². The van der Waals surface area contributed by atoms with E-state index < -0.39 is 11.8 Å². The monoisotopic (exact) mass is 250 g/mol. The zero-order valence-electron chi connectivity index (χ0n) is 9.64. The van der Waals surface area contributed by atoms with Crippen LogP contribution in [0.25, 0.3) is 0 Å². The smallest absolute Gasteiger partial charge is 0.339 e. The highest BCUT2D eigenvalue weighted by Gasteiger charge is 2.13. The van der Waals surface area contributed by atoms with E-state index in [2.05, 4.69) is 0 Å². The molecule has 0 aliphatic rings. The van der Waals surface area contributed by atoms with Crippen molar-refractivity contribution in [3.8, 4) is 5.75 Å². The Balaban J connectivity index is 2.06. The predicted octanol–water partition coefficient (Wildman–Crippen LogP) is 3.00. The van der Waals surface area contributed by atoms with E-state index in [1.54, 1.807) is 13.0 Å². The molecule has 1 aromatic heterocycles. The Kier molecular flexibility index (Phi) is 3.32. The molecule has 0 atom stereocenters. The van der Waals surface area contributed by atoms with Crippen LogP contribution in [0, 0.1) is 12.7 Å². The van der Waals surface area contributed by atoms with Gasteiger partial charge in [-0.25, -0.2) is 9.18 Å². The van der Waals surface area contributed by atoms with Crippen molar-refractivity contribution in [1.82, 2.24) is 0 Å². The van der Waals surface area contributed by atoms with Crippen LogP contribution in [0.15, 0.2) is 34.7 Å². The first-order valence-corrected chi connectivity index (χ1v) is 5.27. The summed E-state index contributed by atoms with van der Waals surface area (Å²) in [5.74, 6) is -0.377. The second-order valence-electron chi connectivity index (χ2n) is 3.73. The van der Waals surface area contributed by atoms with Gasteiger partial charge in [0.15, 0.2) is 0 Å². The zero-order valence-corrected chi connectivity index (χ0v) is 9.64. The third-order valence-corrected chi connectivity index (χ3v) is 2.38. The molecule has 1 heterocycles. The molecule has 0 aliphatic carbocycles. The van der Waals surface area contributed by atoms with Gasteiger partial charge in [0.2, 0.25) is 0 Å². The molecule has 4 nitrogen and oxygen atoms in total. The number of carboxylic acid groups (broad SMARTS) is 1. The van der Waals surface area contributed by atoms with E-state index in [1.807, 2.05) is 0 Å². The number of benzene rings is 1. The van der Waals surface area contributed by atoms with Gasteiger partial charge in [-0.15, -0.1) is 0 Å². The highest BCUT2D eigenvalue weighted by Crippen LogP contribution is 2.18. The summed E-state index contributed by atoms with van der Waals surface area (Å²) in [7, 11) is 0. The van der Waals surface area contributed by atoms with Crippen molar-refractivity contribution in [2.24, 2.45) is 0 Å². The van der Waals surface area contributed by atoms with Crippen LogP contribution in [0.3, 0.4) is 0 Å².